The first-order valence-corrected chi connectivity index (χ1v) is 13.5. The number of amides is 1. The topological polar surface area (TPSA) is 93.7 Å². The van der Waals surface area contributed by atoms with E-state index in [4.69, 9.17) is 9.47 Å². The molecule has 0 spiro atoms. The summed E-state index contributed by atoms with van der Waals surface area (Å²) in [6.07, 6.45) is 10.2. The fourth-order valence-corrected chi connectivity index (χ4v) is 6.31. The number of rotatable bonds is 11. The molecule has 2 N–H and O–H groups in total. The molecular formula is C24H38N2O5S. The predicted octanol–water partition coefficient (Wildman–Crippen LogP) is 3.53. The zero-order chi connectivity index (χ0) is 22.8. The molecule has 2 saturated carbocycles. The fourth-order valence-electron chi connectivity index (χ4n) is 4.60. The van der Waals surface area contributed by atoms with Gasteiger partial charge in [0, 0.05) is 13.2 Å². The number of benzene rings is 1. The largest absolute Gasteiger partial charge is 0.497 e. The summed E-state index contributed by atoms with van der Waals surface area (Å²) < 4.78 is 39.6. The van der Waals surface area contributed by atoms with Crippen LogP contribution in [0, 0.1) is 5.92 Å². The van der Waals surface area contributed by atoms with Gasteiger partial charge in [-0.25, -0.2) is 13.1 Å². The molecule has 0 bridgehead atoms. The molecule has 0 unspecified atom stereocenters. The van der Waals surface area contributed by atoms with Gasteiger partial charge in [-0.15, -0.1) is 0 Å². The van der Waals surface area contributed by atoms with Crippen molar-refractivity contribution in [3.63, 3.8) is 0 Å². The van der Waals surface area contributed by atoms with E-state index in [1.807, 2.05) is 24.3 Å². The number of methoxy groups -OCH3 is 1. The van der Waals surface area contributed by atoms with Crippen molar-refractivity contribution in [2.75, 3.05) is 20.3 Å². The Labute approximate surface area is 192 Å². The third-order valence-electron chi connectivity index (χ3n) is 6.60. The second-order valence-electron chi connectivity index (χ2n) is 9.08. The number of carbonyl (C=O) groups excluding carboxylic acids is 1. The summed E-state index contributed by atoms with van der Waals surface area (Å²) in [5, 5.41) is 2.44. The Morgan fingerprint density at radius 2 is 1.62 bits per heavy atom. The van der Waals surface area contributed by atoms with Crippen LogP contribution in [0.5, 0.6) is 5.75 Å². The quantitative estimate of drug-likeness (QED) is 0.520. The average molecular weight is 467 g/mol. The first kappa shape index (κ1) is 25.0. The molecule has 180 valence electrons. The van der Waals surface area contributed by atoms with E-state index in [1.54, 1.807) is 7.11 Å². The zero-order valence-corrected chi connectivity index (χ0v) is 20.0. The van der Waals surface area contributed by atoms with Crippen LogP contribution in [0.4, 0.5) is 0 Å². The lowest BCUT2D eigenvalue weighted by atomic mass is 9.90. The minimum atomic E-state index is -3.58. The molecule has 7 nitrogen and oxygen atoms in total. The Morgan fingerprint density at radius 1 is 1.00 bits per heavy atom. The molecule has 0 saturated heterocycles. The lowest BCUT2D eigenvalue weighted by Crippen LogP contribution is -2.51. The normalized spacial score (nSPS) is 19.4. The first-order valence-electron chi connectivity index (χ1n) is 12.0. The van der Waals surface area contributed by atoms with E-state index in [0.29, 0.717) is 31.9 Å². The third kappa shape index (κ3) is 7.74. The van der Waals surface area contributed by atoms with Crippen molar-refractivity contribution in [3.05, 3.63) is 29.8 Å². The molecule has 3 rings (SSSR count). The van der Waals surface area contributed by atoms with E-state index in [-0.39, 0.29) is 12.5 Å². The lowest BCUT2D eigenvalue weighted by molar-refractivity contribution is -0.124. The Kier molecular flexibility index (Phi) is 9.81. The van der Waals surface area contributed by atoms with Crippen LogP contribution in [0.1, 0.15) is 69.8 Å². The molecule has 8 heteroatoms. The van der Waals surface area contributed by atoms with Crippen molar-refractivity contribution in [1.82, 2.24) is 10.0 Å². The summed E-state index contributed by atoms with van der Waals surface area (Å²) in [7, 11) is -1.98. The Hall–Kier alpha value is -1.64. The van der Waals surface area contributed by atoms with Crippen LogP contribution in [-0.2, 0) is 26.1 Å². The van der Waals surface area contributed by atoms with Crippen LogP contribution >= 0.6 is 0 Å². The summed E-state index contributed by atoms with van der Waals surface area (Å²) in [4.78, 5) is 12.9. The highest BCUT2D eigenvalue weighted by molar-refractivity contribution is 7.90. The van der Waals surface area contributed by atoms with Gasteiger partial charge in [0.2, 0.25) is 15.9 Å². The molecular weight excluding hydrogens is 428 g/mol. The van der Waals surface area contributed by atoms with Gasteiger partial charge in [0.05, 0.1) is 19.0 Å². The molecule has 1 amide bonds. The van der Waals surface area contributed by atoms with Crippen LogP contribution in [0.15, 0.2) is 24.3 Å². The van der Waals surface area contributed by atoms with Gasteiger partial charge in [0.15, 0.2) is 0 Å². The van der Waals surface area contributed by atoms with Crippen LogP contribution in [0.25, 0.3) is 0 Å². The van der Waals surface area contributed by atoms with E-state index < -0.39 is 21.3 Å². The van der Waals surface area contributed by atoms with Gasteiger partial charge in [0.1, 0.15) is 11.8 Å². The molecule has 2 fully saturated rings. The van der Waals surface area contributed by atoms with E-state index in [1.165, 1.54) is 19.3 Å². The second kappa shape index (κ2) is 12.6. The van der Waals surface area contributed by atoms with Gasteiger partial charge < -0.3 is 14.8 Å². The van der Waals surface area contributed by atoms with Crippen molar-refractivity contribution in [3.8, 4) is 5.75 Å². The molecule has 2 aliphatic carbocycles. The average Bonchev–Trinajstić information content (AvgIpc) is 2.83. The smallest absolute Gasteiger partial charge is 0.240 e. The zero-order valence-electron chi connectivity index (χ0n) is 19.2. The number of hydrogen-bond acceptors (Lipinski definition) is 5. The van der Waals surface area contributed by atoms with Crippen LogP contribution in [0.3, 0.4) is 0 Å². The standard InChI is InChI=1S/C24H38N2O5S/c1-30-21-14-12-19(13-15-21)16-25-24(27)23(18-31-17-20-8-4-2-5-9-20)26-32(28,29)22-10-6-3-7-11-22/h12-15,20,22-23,26H,2-11,16-18H2,1H3,(H,25,27)/t23-/m0/s1. The molecule has 2 aliphatic rings. The van der Waals surface area contributed by atoms with Crippen LogP contribution < -0.4 is 14.8 Å². The van der Waals surface area contributed by atoms with Gasteiger partial charge in [-0.3, -0.25) is 4.79 Å². The summed E-state index contributed by atoms with van der Waals surface area (Å²) >= 11 is 0. The maximum absolute atomic E-state index is 12.9. The fraction of sp³-hybridized carbons (Fsp3) is 0.708. The van der Waals surface area contributed by atoms with Gasteiger partial charge >= 0.3 is 0 Å². The Morgan fingerprint density at radius 3 is 2.25 bits per heavy atom. The van der Waals surface area contributed by atoms with Crippen molar-refractivity contribution in [2.24, 2.45) is 5.92 Å². The third-order valence-corrected chi connectivity index (χ3v) is 8.56. The highest BCUT2D eigenvalue weighted by Crippen LogP contribution is 2.25. The van der Waals surface area contributed by atoms with Crippen LogP contribution in [-0.4, -0.2) is 45.9 Å². The minimum absolute atomic E-state index is 0.0525. The molecule has 1 atom stereocenters. The molecule has 0 aromatic heterocycles. The number of ether oxygens (including phenoxy) is 2. The number of hydrogen-bond donors (Lipinski definition) is 2. The monoisotopic (exact) mass is 466 g/mol. The predicted molar refractivity (Wildman–Crippen MR) is 125 cm³/mol. The van der Waals surface area contributed by atoms with E-state index >= 15 is 0 Å². The molecule has 0 radical (unpaired) electrons. The van der Waals surface area contributed by atoms with Crippen molar-refractivity contribution in [1.29, 1.82) is 0 Å². The maximum atomic E-state index is 12.9. The molecule has 0 aliphatic heterocycles. The highest BCUT2D eigenvalue weighted by atomic mass is 32.2. The maximum Gasteiger partial charge on any atom is 0.240 e. The van der Waals surface area contributed by atoms with Gasteiger partial charge in [0.25, 0.3) is 0 Å². The summed E-state index contributed by atoms with van der Waals surface area (Å²) in [5.74, 6) is 0.889. The first-order chi connectivity index (χ1) is 15.5. The van der Waals surface area contributed by atoms with Crippen molar-refractivity contribution in [2.45, 2.75) is 82.0 Å². The summed E-state index contributed by atoms with van der Waals surface area (Å²) in [5.41, 5.74) is 0.913. The SMILES string of the molecule is COc1ccc(CNC(=O)[C@H](COCC2CCCCC2)NS(=O)(=O)C2CCCCC2)cc1. The van der Waals surface area contributed by atoms with E-state index in [9.17, 15) is 13.2 Å². The van der Waals surface area contributed by atoms with Crippen molar-refractivity contribution >= 4 is 15.9 Å². The number of sulfonamides is 1. The van der Waals surface area contributed by atoms with Crippen LogP contribution in [0.2, 0.25) is 0 Å². The molecule has 1 aromatic carbocycles. The minimum Gasteiger partial charge on any atom is -0.497 e. The highest BCUT2D eigenvalue weighted by Gasteiger charge is 2.32. The summed E-state index contributed by atoms with van der Waals surface area (Å²) in [6.45, 7) is 0.942. The van der Waals surface area contributed by atoms with Gasteiger partial charge in [-0.2, -0.15) is 0 Å². The molecule has 32 heavy (non-hydrogen) atoms. The Bertz CT molecular complexity index is 800. The second-order valence-corrected chi connectivity index (χ2v) is 11.1. The Balaban J connectivity index is 1.58. The molecule has 1 aromatic rings. The van der Waals surface area contributed by atoms with E-state index in [0.717, 1.165) is 43.4 Å². The molecule has 0 heterocycles. The van der Waals surface area contributed by atoms with E-state index in [2.05, 4.69) is 10.0 Å². The summed E-state index contributed by atoms with van der Waals surface area (Å²) in [6, 6.07) is 6.49. The number of nitrogens with one attached hydrogen (secondary N) is 2. The lowest BCUT2D eigenvalue weighted by Gasteiger charge is -2.26. The van der Waals surface area contributed by atoms with Gasteiger partial charge in [-0.1, -0.05) is 50.7 Å². The van der Waals surface area contributed by atoms with Crippen molar-refractivity contribution < 1.29 is 22.7 Å². The number of carbonyl (C=O) groups is 1. The van der Waals surface area contributed by atoms with Gasteiger partial charge in [-0.05, 0) is 49.3 Å².